The lowest BCUT2D eigenvalue weighted by atomic mass is 9.91. The molecule has 2 aromatic heterocycles. The highest BCUT2D eigenvalue weighted by Gasteiger charge is 2.35. The van der Waals surface area contributed by atoms with E-state index in [0.29, 0.717) is 23.0 Å². The van der Waals surface area contributed by atoms with Crippen LogP contribution in [0.4, 0.5) is 11.6 Å². The number of hydrogen-bond acceptors (Lipinski definition) is 5. The molecule has 0 aliphatic carbocycles. The number of fused-ring (bicyclic) bond motifs is 1. The molecule has 0 unspecified atom stereocenters. The molecule has 1 aliphatic heterocycles. The number of anilines is 2. The minimum Gasteiger partial charge on any atom is -0.469 e. The molecule has 7 nitrogen and oxygen atoms in total. The molecule has 1 aliphatic rings. The first kappa shape index (κ1) is 17.4. The Balaban J connectivity index is 1.74. The van der Waals surface area contributed by atoms with Gasteiger partial charge in [-0.05, 0) is 30.5 Å². The van der Waals surface area contributed by atoms with Gasteiger partial charge in [0.25, 0.3) is 5.91 Å². The topological polar surface area (TPSA) is 89.2 Å². The Morgan fingerprint density at radius 3 is 2.89 bits per heavy atom. The van der Waals surface area contributed by atoms with E-state index in [2.05, 4.69) is 15.7 Å². The molecule has 0 saturated carbocycles. The maximum absolute atomic E-state index is 12.9. The molecule has 3 aromatic rings. The zero-order valence-corrected chi connectivity index (χ0v) is 15.7. The Hall–Kier alpha value is -3.00. The van der Waals surface area contributed by atoms with Gasteiger partial charge in [0.15, 0.2) is 5.82 Å². The van der Waals surface area contributed by atoms with Crippen molar-refractivity contribution in [3.8, 4) is 0 Å². The first-order valence-corrected chi connectivity index (χ1v) is 9.65. The first-order chi connectivity index (χ1) is 13.1. The molecule has 0 bridgehead atoms. The third kappa shape index (κ3) is 3.12. The molecule has 27 heavy (non-hydrogen) atoms. The third-order valence-electron chi connectivity index (χ3n) is 4.55. The molecule has 2 amide bonds. The molecule has 2 N–H and O–H groups in total. The molecule has 138 valence electrons. The van der Waals surface area contributed by atoms with Crippen molar-refractivity contribution in [2.24, 2.45) is 7.05 Å². The molecule has 3 heterocycles. The molecule has 1 aromatic carbocycles. The highest BCUT2D eigenvalue weighted by atomic mass is 32.2. The number of aryl methyl sites for hydroxylation is 1. The van der Waals surface area contributed by atoms with Crippen molar-refractivity contribution in [1.29, 1.82) is 0 Å². The largest absolute Gasteiger partial charge is 0.469 e. The highest BCUT2D eigenvalue weighted by molar-refractivity contribution is 7.98. The number of thioether (sulfide) groups is 1. The van der Waals surface area contributed by atoms with Crippen LogP contribution in [0, 0.1) is 0 Å². The number of nitrogens with zero attached hydrogens (tertiary/aromatic N) is 2. The average Bonchev–Trinajstić information content (AvgIpc) is 3.30. The van der Waals surface area contributed by atoms with Gasteiger partial charge in [-0.3, -0.25) is 14.3 Å². The van der Waals surface area contributed by atoms with E-state index in [4.69, 9.17) is 4.42 Å². The van der Waals surface area contributed by atoms with Gasteiger partial charge in [0, 0.05) is 18.4 Å². The van der Waals surface area contributed by atoms with E-state index in [1.165, 1.54) is 11.8 Å². The van der Waals surface area contributed by atoms with Gasteiger partial charge in [-0.15, -0.1) is 11.8 Å². The van der Waals surface area contributed by atoms with E-state index >= 15 is 0 Å². The number of rotatable bonds is 4. The Bertz CT molecular complexity index is 1010. The van der Waals surface area contributed by atoms with Crippen molar-refractivity contribution < 1.29 is 14.0 Å². The zero-order valence-electron chi connectivity index (χ0n) is 14.9. The second-order valence-corrected chi connectivity index (χ2v) is 7.06. The summed E-state index contributed by atoms with van der Waals surface area (Å²) in [5.41, 5.74) is 1.33. The van der Waals surface area contributed by atoms with Gasteiger partial charge >= 0.3 is 0 Å². The summed E-state index contributed by atoms with van der Waals surface area (Å²) in [5.74, 6) is 1.01. The van der Waals surface area contributed by atoms with Gasteiger partial charge in [0.2, 0.25) is 5.91 Å². The summed E-state index contributed by atoms with van der Waals surface area (Å²) >= 11 is 1.51. The van der Waals surface area contributed by atoms with Crippen LogP contribution in [0.3, 0.4) is 0 Å². The van der Waals surface area contributed by atoms with Crippen LogP contribution in [-0.2, 0) is 11.8 Å². The van der Waals surface area contributed by atoms with Crippen LogP contribution in [0.5, 0.6) is 0 Å². The fraction of sp³-hybridized carbons (Fsp3) is 0.211. The van der Waals surface area contributed by atoms with E-state index < -0.39 is 0 Å². The standard InChI is InChI=1S/C19H18N4O3S/c1-23-18-16(12(10-15(24)20-18)13-7-5-9-26-13)17(22-23)21-19(25)11-6-3-4-8-14(11)27-2/h3-9,12H,10H2,1-2H3,(H,20,24)(H,21,22,25)/t12-/m0/s1. The second kappa shape index (κ2) is 6.96. The summed E-state index contributed by atoms with van der Waals surface area (Å²) in [7, 11) is 1.73. The van der Waals surface area contributed by atoms with E-state index in [9.17, 15) is 9.59 Å². The van der Waals surface area contributed by atoms with Crippen LogP contribution >= 0.6 is 11.8 Å². The quantitative estimate of drug-likeness (QED) is 0.675. The normalized spacial score (nSPS) is 15.9. The van der Waals surface area contributed by atoms with Crippen molar-refractivity contribution in [3.05, 3.63) is 59.5 Å². The number of furan rings is 1. The smallest absolute Gasteiger partial charge is 0.258 e. The number of benzene rings is 1. The fourth-order valence-electron chi connectivity index (χ4n) is 3.32. The Morgan fingerprint density at radius 2 is 2.15 bits per heavy atom. The fourth-order valence-corrected chi connectivity index (χ4v) is 3.92. The maximum Gasteiger partial charge on any atom is 0.258 e. The second-order valence-electron chi connectivity index (χ2n) is 6.21. The van der Waals surface area contributed by atoms with Crippen LogP contribution in [0.1, 0.15) is 34.0 Å². The lowest BCUT2D eigenvalue weighted by molar-refractivity contribution is -0.116. The van der Waals surface area contributed by atoms with Gasteiger partial charge in [-0.25, -0.2) is 0 Å². The number of carbonyl (C=O) groups is 2. The van der Waals surface area contributed by atoms with Crippen molar-refractivity contribution in [3.63, 3.8) is 0 Å². The summed E-state index contributed by atoms with van der Waals surface area (Å²) in [5, 5.41) is 10.2. The van der Waals surface area contributed by atoms with Crippen molar-refractivity contribution in [2.45, 2.75) is 17.2 Å². The third-order valence-corrected chi connectivity index (χ3v) is 5.35. The highest BCUT2D eigenvalue weighted by Crippen LogP contribution is 2.41. The maximum atomic E-state index is 12.9. The van der Waals surface area contributed by atoms with Crippen molar-refractivity contribution in [1.82, 2.24) is 9.78 Å². The first-order valence-electron chi connectivity index (χ1n) is 8.43. The molecule has 0 spiro atoms. The van der Waals surface area contributed by atoms with Gasteiger partial charge in [0.1, 0.15) is 11.6 Å². The average molecular weight is 382 g/mol. The van der Waals surface area contributed by atoms with Gasteiger partial charge in [-0.1, -0.05) is 12.1 Å². The Morgan fingerprint density at radius 1 is 1.33 bits per heavy atom. The number of nitrogens with one attached hydrogen (secondary N) is 2. The number of amides is 2. The number of aromatic nitrogens is 2. The van der Waals surface area contributed by atoms with E-state index in [1.807, 2.05) is 30.5 Å². The van der Waals surface area contributed by atoms with E-state index in [0.717, 1.165) is 10.5 Å². The zero-order chi connectivity index (χ0) is 19.0. The molecular weight excluding hydrogens is 364 g/mol. The molecule has 0 fully saturated rings. The SMILES string of the molecule is CSc1ccccc1C(=O)Nc1nn(C)c2c1[C@H](c1ccco1)CC(=O)N2. The van der Waals surface area contributed by atoms with E-state index in [-0.39, 0.29) is 24.2 Å². The van der Waals surface area contributed by atoms with Gasteiger partial charge in [-0.2, -0.15) is 5.10 Å². The van der Waals surface area contributed by atoms with Gasteiger partial charge < -0.3 is 15.1 Å². The van der Waals surface area contributed by atoms with Crippen molar-refractivity contribution in [2.75, 3.05) is 16.9 Å². The monoisotopic (exact) mass is 382 g/mol. The van der Waals surface area contributed by atoms with Crippen LogP contribution in [0.15, 0.2) is 52.0 Å². The molecule has 1 atom stereocenters. The van der Waals surface area contributed by atoms with Crippen LogP contribution in [0.25, 0.3) is 0 Å². The summed E-state index contributed by atoms with van der Waals surface area (Å²) in [6.45, 7) is 0. The lowest BCUT2D eigenvalue weighted by Crippen LogP contribution is -2.25. The molecular formula is C19H18N4O3S. The minimum absolute atomic E-state index is 0.113. The van der Waals surface area contributed by atoms with Crippen LogP contribution in [-0.4, -0.2) is 27.9 Å². The molecule has 8 heteroatoms. The van der Waals surface area contributed by atoms with E-state index in [1.54, 1.807) is 30.1 Å². The predicted molar refractivity (Wildman–Crippen MR) is 103 cm³/mol. The van der Waals surface area contributed by atoms with Crippen LogP contribution < -0.4 is 10.6 Å². The molecule has 0 saturated heterocycles. The summed E-state index contributed by atoms with van der Waals surface area (Å²) in [6.07, 6.45) is 3.73. The molecule has 0 radical (unpaired) electrons. The van der Waals surface area contributed by atoms with Crippen molar-refractivity contribution >= 4 is 35.2 Å². The summed E-state index contributed by atoms with van der Waals surface area (Å²) in [4.78, 5) is 25.9. The van der Waals surface area contributed by atoms with Gasteiger partial charge in [0.05, 0.1) is 23.3 Å². The number of hydrogen-bond donors (Lipinski definition) is 2. The summed E-state index contributed by atoms with van der Waals surface area (Å²) < 4.78 is 7.10. The van der Waals surface area contributed by atoms with Crippen LogP contribution in [0.2, 0.25) is 0 Å². The lowest BCUT2D eigenvalue weighted by Gasteiger charge is -2.22. The minimum atomic E-state index is -0.302. The summed E-state index contributed by atoms with van der Waals surface area (Å²) in [6, 6.07) is 11.0. The molecule has 4 rings (SSSR count). The number of carbonyl (C=O) groups excluding carboxylic acids is 2. The Kier molecular flexibility index (Phi) is 4.49. The predicted octanol–water partition coefficient (Wildman–Crippen LogP) is 3.46. The Labute approximate surface area is 160 Å².